The second kappa shape index (κ2) is 5.52. The number of aliphatic hydroxyl groups is 2. The van der Waals surface area contributed by atoms with Crippen LogP contribution in [0.3, 0.4) is 0 Å². The summed E-state index contributed by atoms with van der Waals surface area (Å²) in [4.78, 5) is 10.4. The van der Waals surface area contributed by atoms with Crippen molar-refractivity contribution in [2.75, 3.05) is 12.4 Å². The van der Waals surface area contributed by atoms with Gasteiger partial charge >= 0.3 is 5.97 Å². The number of esters is 1. The fourth-order valence-corrected chi connectivity index (χ4v) is 0.433. The van der Waals surface area contributed by atoms with Crippen molar-refractivity contribution in [2.45, 2.75) is 12.7 Å². The normalized spacial score (nSPS) is 12.7. The fourth-order valence-electron chi connectivity index (χ4n) is 0.358. The molecule has 60 valence electrons. The summed E-state index contributed by atoms with van der Waals surface area (Å²) >= 11 is 3.61. The van der Waals surface area contributed by atoms with Crippen molar-refractivity contribution in [1.29, 1.82) is 0 Å². The minimum atomic E-state index is -1.20. The molecule has 0 saturated carbocycles. The number of hydrogen-bond acceptors (Lipinski definition) is 5. The molecule has 10 heavy (non-hydrogen) atoms. The first-order chi connectivity index (χ1) is 4.70. The van der Waals surface area contributed by atoms with Gasteiger partial charge in [-0.25, -0.2) is 0 Å². The lowest BCUT2D eigenvalue weighted by atomic mass is 10.4. The van der Waals surface area contributed by atoms with E-state index >= 15 is 0 Å². The molecule has 0 rings (SSSR count). The Hall–Kier alpha value is -0.260. The Balaban J connectivity index is 3.37. The number of carbonyl (C=O) groups is 1. The largest absolute Gasteiger partial charge is 0.435 e. The van der Waals surface area contributed by atoms with Crippen LogP contribution in [-0.2, 0) is 9.53 Å². The highest BCUT2D eigenvalue weighted by molar-refractivity contribution is 7.81. The topological polar surface area (TPSA) is 66.8 Å². The second-order valence-corrected chi connectivity index (χ2v) is 1.93. The first kappa shape index (κ1) is 9.74. The van der Waals surface area contributed by atoms with Crippen LogP contribution in [0.2, 0.25) is 0 Å². The van der Waals surface area contributed by atoms with Crippen molar-refractivity contribution in [3.8, 4) is 0 Å². The Kier molecular flexibility index (Phi) is 5.38. The Morgan fingerprint density at radius 3 is 2.70 bits per heavy atom. The molecule has 0 aliphatic carbocycles. The lowest BCUT2D eigenvalue weighted by Gasteiger charge is -2.08. The van der Waals surface area contributed by atoms with Crippen LogP contribution in [0.25, 0.3) is 0 Å². The van der Waals surface area contributed by atoms with E-state index in [4.69, 9.17) is 10.2 Å². The number of rotatable bonds is 4. The zero-order chi connectivity index (χ0) is 7.98. The van der Waals surface area contributed by atoms with Gasteiger partial charge in [0.05, 0.1) is 5.75 Å². The van der Waals surface area contributed by atoms with Gasteiger partial charge in [0.25, 0.3) is 0 Å². The quantitative estimate of drug-likeness (QED) is 0.289. The van der Waals surface area contributed by atoms with Crippen LogP contribution in [0.4, 0.5) is 0 Å². The van der Waals surface area contributed by atoms with Gasteiger partial charge in [0, 0.05) is 13.0 Å². The highest BCUT2D eigenvalue weighted by atomic mass is 32.1. The lowest BCUT2D eigenvalue weighted by molar-refractivity contribution is -0.166. The van der Waals surface area contributed by atoms with E-state index in [0.717, 1.165) is 0 Å². The van der Waals surface area contributed by atoms with E-state index in [1.54, 1.807) is 0 Å². The average molecular weight is 166 g/mol. The van der Waals surface area contributed by atoms with Crippen molar-refractivity contribution < 1.29 is 19.7 Å². The molecule has 1 unspecified atom stereocenters. The Morgan fingerprint density at radius 1 is 1.70 bits per heavy atom. The van der Waals surface area contributed by atoms with E-state index in [-0.39, 0.29) is 18.8 Å². The van der Waals surface area contributed by atoms with Crippen molar-refractivity contribution in [3.05, 3.63) is 0 Å². The molecule has 0 aromatic rings. The second-order valence-electron chi connectivity index (χ2n) is 1.61. The molecule has 0 aliphatic rings. The summed E-state index contributed by atoms with van der Waals surface area (Å²) < 4.78 is 4.32. The zero-order valence-electron chi connectivity index (χ0n) is 5.36. The van der Waals surface area contributed by atoms with Gasteiger partial charge in [-0.1, -0.05) is 0 Å². The molecule has 0 spiro atoms. The maximum absolute atomic E-state index is 10.4. The van der Waals surface area contributed by atoms with Crippen LogP contribution in [0.15, 0.2) is 0 Å². The van der Waals surface area contributed by atoms with Crippen LogP contribution >= 0.6 is 12.6 Å². The van der Waals surface area contributed by atoms with Gasteiger partial charge in [-0.2, -0.15) is 12.6 Å². The van der Waals surface area contributed by atoms with Crippen LogP contribution in [0.1, 0.15) is 6.42 Å². The van der Waals surface area contributed by atoms with E-state index in [1.165, 1.54) is 0 Å². The number of thiol groups is 1. The molecular weight excluding hydrogens is 156 g/mol. The standard InChI is InChI=1S/C5H10O4S/c6-2-1-4(7)9-5(8)3-10/h4,6-7,10H,1-3H2. The Labute approximate surface area is 64.2 Å². The minimum absolute atomic E-state index is 0.0412. The predicted molar refractivity (Wildman–Crippen MR) is 37.7 cm³/mol. The smallest absolute Gasteiger partial charge is 0.317 e. The van der Waals surface area contributed by atoms with E-state index < -0.39 is 12.3 Å². The van der Waals surface area contributed by atoms with Crippen molar-refractivity contribution in [2.24, 2.45) is 0 Å². The van der Waals surface area contributed by atoms with Crippen LogP contribution in [-0.4, -0.2) is 34.8 Å². The summed E-state index contributed by atoms with van der Waals surface area (Å²) in [5, 5.41) is 17.0. The first-order valence-corrected chi connectivity index (χ1v) is 3.43. The summed E-state index contributed by atoms with van der Waals surface area (Å²) in [5.74, 6) is -0.660. The molecule has 0 fully saturated rings. The highest BCUT2D eigenvalue weighted by Gasteiger charge is 2.07. The molecule has 0 aromatic heterocycles. The summed E-state index contributed by atoms with van der Waals surface area (Å²) in [7, 11) is 0. The molecule has 0 heterocycles. The van der Waals surface area contributed by atoms with E-state index in [1.807, 2.05) is 0 Å². The van der Waals surface area contributed by atoms with Gasteiger partial charge in [0.1, 0.15) is 0 Å². The third-order valence-electron chi connectivity index (χ3n) is 0.773. The molecule has 2 N–H and O–H groups in total. The predicted octanol–water partition coefficient (Wildman–Crippen LogP) is -0.840. The minimum Gasteiger partial charge on any atom is -0.435 e. The van der Waals surface area contributed by atoms with E-state index in [2.05, 4.69) is 17.4 Å². The third-order valence-corrected chi connectivity index (χ3v) is 1.03. The van der Waals surface area contributed by atoms with Crippen LogP contribution < -0.4 is 0 Å². The number of aliphatic hydroxyl groups excluding tert-OH is 2. The molecular formula is C5H10O4S. The molecule has 0 saturated heterocycles. The first-order valence-electron chi connectivity index (χ1n) is 2.80. The maximum atomic E-state index is 10.4. The SMILES string of the molecule is O=C(CS)OC(O)CCO. The summed E-state index contributed by atoms with van der Waals surface area (Å²) in [6, 6.07) is 0. The van der Waals surface area contributed by atoms with Gasteiger partial charge in [-0.3, -0.25) is 4.79 Å². The Bertz CT molecular complexity index is 106. The van der Waals surface area contributed by atoms with Crippen molar-refractivity contribution in [3.63, 3.8) is 0 Å². The molecule has 0 aromatic carbocycles. The molecule has 0 bridgehead atoms. The van der Waals surface area contributed by atoms with Crippen LogP contribution in [0, 0.1) is 0 Å². The van der Waals surface area contributed by atoms with Crippen LogP contribution in [0.5, 0.6) is 0 Å². The molecule has 5 heteroatoms. The average Bonchev–Trinajstić information content (AvgIpc) is 1.88. The van der Waals surface area contributed by atoms with E-state index in [9.17, 15) is 4.79 Å². The Morgan fingerprint density at radius 2 is 2.30 bits per heavy atom. The molecule has 0 aliphatic heterocycles. The molecule has 0 amide bonds. The van der Waals surface area contributed by atoms with Gasteiger partial charge in [-0.05, 0) is 0 Å². The highest BCUT2D eigenvalue weighted by Crippen LogP contribution is 1.93. The molecule has 4 nitrogen and oxygen atoms in total. The van der Waals surface area contributed by atoms with Crippen molar-refractivity contribution in [1.82, 2.24) is 0 Å². The molecule has 0 radical (unpaired) electrons. The number of ether oxygens (including phenoxy) is 1. The maximum Gasteiger partial charge on any atom is 0.317 e. The number of carbonyl (C=O) groups excluding carboxylic acids is 1. The van der Waals surface area contributed by atoms with Gasteiger partial charge < -0.3 is 14.9 Å². The number of hydrogen-bond donors (Lipinski definition) is 3. The summed E-state index contributed by atoms with van der Waals surface area (Å²) in [6.07, 6.45) is -1.16. The fraction of sp³-hybridized carbons (Fsp3) is 0.800. The van der Waals surface area contributed by atoms with Crippen molar-refractivity contribution >= 4 is 18.6 Å². The molecule has 1 atom stereocenters. The van der Waals surface area contributed by atoms with Gasteiger partial charge in [0.2, 0.25) is 6.29 Å². The van der Waals surface area contributed by atoms with Gasteiger partial charge in [-0.15, -0.1) is 0 Å². The lowest BCUT2D eigenvalue weighted by Crippen LogP contribution is -2.19. The van der Waals surface area contributed by atoms with E-state index in [0.29, 0.717) is 0 Å². The summed E-state index contributed by atoms with van der Waals surface area (Å²) in [5.41, 5.74) is 0. The summed E-state index contributed by atoms with van der Waals surface area (Å²) in [6.45, 7) is -0.207. The van der Waals surface area contributed by atoms with Gasteiger partial charge in [0.15, 0.2) is 0 Å². The third kappa shape index (κ3) is 4.60. The zero-order valence-corrected chi connectivity index (χ0v) is 6.25. The monoisotopic (exact) mass is 166 g/mol.